The Morgan fingerprint density at radius 3 is 2.85 bits per heavy atom. The lowest BCUT2D eigenvalue weighted by atomic mass is 10.1. The van der Waals surface area contributed by atoms with Crippen LogP contribution in [0.25, 0.3) is 16.5 Å². The van der Waals surface area contributed by atoms with Gasteiger partial charge in [-0.15, -0.1) is 16.4 Å². The van der Waals surface area contributed by atoms with Crippen LogP contribution in [0.15, 0.2) is 46.5 Å². The van der Waals surface area contributed by atoms with Crippen molar-refractivity contribution in [3.63, 3.8) is 0 Å². The fraction of sp³-hybridized carbons (Fsp3) is 0.167. The molecule has 0 unspecified atom stereocenters. The van der Waals surface area contributed by atoms with Gasteiger partial charge in [-0.05, 0) is 60.2 Å². The third-order valence-electron chi connectivity index (χ3n) is 3.92. The van der Waals surface area contributed by atoms with Gasteiger partial charge in [-0.25, -0.2) is 9.67 Å². The second-order valence-corrected chi connectivity index (χ2v) is 6.89. The van der Waals surface area contributed by atoms with Crippen LogP contribution in [0.5, 0.6) is 0 Å². The van der Waals surface area contributed by atoms with E-state index >= 15 is 0 Å². The van der Waals surface area contributed by atoms with Gasteiger partial charge in [0, 0.05) is 11.1 Å². The molecule has 0 saturated carbocycles. The Morgan fingerprint density at radius 2 is 2.15 bits per heavy atom. The van der Waals surface area contributed by atoms with E-state index in [1.807, 2.05) is 49.6 Å². The number of thiazole rings is 1. The third-order valence-corrected chi connectivity index (χ3v) is 4.83. The summed E-state index contributed by atoms with van der Waals surface area (Å²) in [6.45, 7) is 3.82. The van der Waals surface area contributed by atoms with Crippen molar-refractivity contribution in [2.24, 2.45) is 0 Å². The van der Waals surface area contributed by atoms with Gasteiger partial charge >= 0.3 is 0 Å². The number of hydrogen-bond acceptors (Lipinski definition) is 7. The highest BCUT2D eigenvalue weighted by Crippen LogP contribution is 2.26. The molecule has 1 amide bonds. The average molecular weight is 380 g/mol. The van der Waals surface area contributed by atoms with E-state index in [0.29, 0.717) is 11.4 Å². The van der Waals surface area contributed by atoms with Crippen molar-refractivity contribution in [1.29, 1.82) is 0 Å². The number of aryl methyl sites for hydroxylation is 2. The van der Waals surface area contributed by atoms with Gasteiger partial charge < -0.3 is 9.73 Å². The second-order valence-electron chi connectivity index (χ2n) is 6.03. The average Bonchev–Trinajstić information content (AvgIpc) is 3.36. The van der Waals surface area contributed by atoms with Gasteiger partial charge in [0.05, 0.1) is 17.8 Å². The summed E-state index contributed by atoms with van der Waals surface area (Å²) < 4.78 is 7.15. The highest BCUT2D eigenvalue weighted by molar-refractivity contribution is 7.13. The van der Waals surface area contributed by atoms with E-state index in [4.69, 9.17) is 4.42 Å². The quantitative estimate of drug-likeness (QED) is 0.571. The van der Waals surface area contributed by atoms with Crippen LogP contribution >= 0.6 is 11.3 Å². The van der Waals surface area contributed by atoms with E-state index in [0.717, 1.165) is 27.8 Å². The fourth-order valence-corrected chi connectivity index (χ4v) is 3.46. The molecule has 0 atom stereocenters. The Kier molecular flexibility index (Phi) is 4.51. The zero-order chi connectivity index (χ0) is 18.8. The maximum absolute atomic E-state index is 12.3. The van der Waals surface area contributed by atoms with Crippen LogP contribution in [-0.2, 0) is 11.2 Å². The minimum absolute atomic E-state index is 0.128. The third kappa shape index (κ3) is 3.77. The summed E-state index contributed by atoms with van der Waals surface area (Å²) >= 11 is 1.46. The van der Waals surface area contributed by atoms with Crippen molar-refractivity contribution in [2.45, 2.75) is 20.3 Å². The SMILES string of the molecule is Cc1ccc(-c2nc(CC(=O)Nc3ccc(-n4cnnn4)c(C)c3)cs2)o1. The first-order valence-electron chi connectivity index (χ1n) is 8.23. The summed E-state index contributed by atoms with van der Waals surface area (Å²) in [5, 5.41) is 16.7. The number of amides is 1. The molecule has 0 saturated heterocycles. The molecule has 4 rings (SSSR count). The Balaban J connectivity index is 1.42. The molecule has 0 bridgehead atoms. The summed E-state index contributed by atoms with van der Waals surface area (Å²) in [4.78, 5) is 16.8. The van der Waals surface area contributed by atoms with E-state index in [1.165, 1.54) is 17.7 Å². The van der Waals surface area contributed by atoms with Crippen LogP contribution in [0.1, 0.15) is 17.0 Å². The number of nitrogens with one attached hydrogen (secondary N) is 1. The van der Waals surface area contributed by atoms with Gasteiger partial charge in [0.1, 0.15) is 12.1 Å². The van der Waals surface area contributed by atoms with Crippen molar-refractivity contribution in [2.75, 3.05) is 5.32 Å². The van der Waals surface area contributed by atoms with Crippen molar-refractivity contribution in [1.82, 2.24) is 25.2 Å². The lowest BCUT2D eigenvalue weighted by molar-refractivity contribution is -0.115. The number of anilines is 1. The zero-order valence-electron chi connectivity index (χ0n) is 14.7. The van der Waals surface area contributed by atoms with Crippen molar-refractivity contribution in [3.8, 4) is 16.5 Å². The minimum atomic E-state index is -0.128. The molecule has 0 radical (unpaired) electrons. The van der Waals surface area contributed by atoms with Crippen LogP contribution in [-0.4, -0.2) is 31.1 Å². The summed E-state index contributed by atoms with van der Waals surface area (Å²) in [5.41, 5.74) is 3.23. The number of rotatable bonds is 5. The Hall–Kier alpha value is -3.33. The zero-order valence-corrected chi connectivity index (χ0v) is 15.5. The number of aromatic nitrogens is 5. The smallest absolute Gasteiger partial charge is 0.230 e. The molecule has 27 heavy (non-hydrogen) atoms. The van der Waals surface area contributed by atoms with E-state index in [-0.39, 0.29) is 12.3 Å². The highest BCUT2D eigenvalue weighted by atomic mass is 32.1. The van der Waals surface area contributed by atoms with Crippen molar-refractivity contribution in [3.05, 3.63) is 59.1 Å². The molecule has 8 nitrogen and oxygen atoms in total. The molecule has 1 aromatic carbocycles. The van der Waals surface area contributed by atoms with Crippen LogP contribution < -0.4 is 5.32 Å². The molecule has 0 aliphatic heterocycles. The number of hydrogen-bond donors (Lipinski definition) is 1. The molecule has 9 heteroatoms. The number of furan rings is 1. The van der Waals surface area contributed by atoms with Crippen molar-refractivity contribution >= 4 is 22.9 Å². The normalized spacial score (nSPS) is 10.9. The summed E-state index contributed by atoms with van der Waals surface area (Å²) in [6, 6.07) is 9.34. The molecule has 3 aromatic heterocycles. The van der Waals surface area contributed by atoms with Crippen LogP contribution in [0.4, 0.5) is 5.69 Å². The van der Waals surface area contributed by atoms with Crippen LogP contribution in [0, 0.1) is 13.8 Å². The fourth-order valence-electron chi connectivity index (χ4n) is 2.68. The molecule has 0 aliphatic rings. The van der Waals surface area contributed by atoms with E-state index in [9.17, 15) is 4.79 Å². The first kappa shape index (κ1) is 17.1. The predicted octanol–water partition coefficient (Wildman–Crippen LogP) is 3.18. The molecule has 1 N–H and O–H groups in total. The molecule has 4 aromatic rings. The van der Waals surface area contributed by atoms with Gasteiger partial charge in [0.2, 0.25) is 5.91 Å². The maximum Gasteiger partial charge on any atom is 0.230 e. The Bertz CT molecular complexity index is 1080. The lowest BCUT2D eigenvalue weighted by Crippen LogP contribution is -2.15. The van der Waals surface area contributed by atoms with Crippen LogP contribution in [0.2, 0.25) is 0 Å². The highest BCUT2D eigenvalue weighted by Gasteiger charge is 2.12. The largest absolute Gasteiger partial charge is 0.459 e. The predicted molar refractivity (Wildman–Crippen MR) is 101 cm³/mol. The first-order chi connectivity index (χ1) is 13.1. The number of carbonyl (C=O) groups excluding carboxylic acids is 1. The van der Waals surface area contributed by atoms with E-state index < -0.39 is 0 Å². The van der Waals surface area contributed by atoms with E-state index in [1.54, 1.807) is 4.68 Å². The molecule has 0 spiro atoms. The molecule has 3 heterocycles. The first-order valence-corrected chi connectivity index (χ1v) is 9.11. The van der Waals surface area contributed by atoms with Crippen LogP contribution in [0.3, 0.4) is 0 Å². The standard InChI is InChI=1S/C18H16N6O2S/c1-11-7-13(4-5-15(11)24-10-19-22-23-24)20-17(25)8-14-9-27-18(21-14)16-6-3-12(2)26-16/h3-7,9-10H,8H2,1-2H3,(H,20,25). The van der Waals surface area contributed by atoms with Gasteiger partial charge in [-0.1, -0.05) is 0 Å². The number of benzene rings is 1. The molecule has 0 aliphatic carbocycles. The molecule has 0 fully saturated rings. The monoisotopic (exact) mass is 380 g/mol. The number of carbonyl (C=O) groups is 1. The van der Waals surface area contributed by atoms with Crippen molar-refractivity contribution < 1.29 is 9.21 Å². The van der Waals surface area contributed by atoms with Gasteiger partial charge in [-0.2, -0.15) is 0 Å². The van der Waals surface area contributed by atoms with Gasteiger partial charge in [0.15, 0.2) is 10.8 Å². The summed E-state index contributed by atoms with van der Waals surface area (Å²) in [7, 11) is 0. The number of nitrogens with zero attached hydrogens (tertiary/aromatic N) is 5. The molecular formula is C18H16N6O2S. The summed E-state index contributed by atoms with van der Waals surface area (Å²) in [6.07, 6.45) is 1.73. The van der Waals surface area contributed by atoms with Gasteiger partial charge in [-0.3, -0.25) is 4.79 Å². The Morgan fingerprint density at radius 1 is 1.26 bits per heavy atom. The topological polar surface area (TPSA) is 98.7 Å². The number of tetrazole rings is 1. The molecule has 136 valence electrons. The lowest BCUT2D eigenvalue weighted by Gasteiger charge is -2.08. The summed E-state index contributed by atoms with van der Waals surface area (Å²) in [5.74, 6) is 1.43. The second kappa shape index (κ2) is 7.12. The maximum atomic E-state index is 12.3. The minimum Gasteiger partial charge on any atom is -0.459 e. The Labute approximate surface area is 158 Å². The molecular weight excluding hydrogens is 364 g/mol. The van der Waals surface area contributed by atoms with E-state index in [2.05, 4.69) is 25.8 Å². The van der Waals surface area contributed by atoms with Gasteiger partial charge in [0.25, 0.3) is 0 Å².